The van der Waals surface area contributed by atoms with Crippen LogP contribution in [0, 0.1) is 0 Å². The third-order valence-corrected chi connectivity index (χ3v) is 11.4. The zero-order chi connectivity index (χ0) is 35.3. The van der Waals surface area contributed by atoms with E-state index in [1.807, 2.05) is 49.1 Å². The maximum atomic E-state index is 4.98. The summed E-state index contributed by atoms with van der Waals surface area (Å²) in [5.41, 5.74) is 18.2. The molecule has 4 heteroatoms. The second-order valence-electron chi connectivity index (χ2n) is 14.0. The number of fused-ring (bicyclic) bond motifs is 8. The SMILES string of the molecule is c1ccc(-c2c3c(c(-c4ccccn4)c4ccccc24)-c2ccc4c5c(ccc-3c25)-c2c-4c(-c3ccccn3)c3ccccc3c2-c2ccccn2)nc1. The summed E-state index contributed by atoms with van der Waals surface area (Å²) in [6.07, 6.45) is 7.59. The molecule has 0 spiro atoms. The largest absolute Gasteiger partial charge is 0.256 e. The number of hydrogen-bond acceptors (Lipinski definition) is 4. The highest BCUT2D eigenvalue weighted by Crippen LogP contribution is 2.64. The Morgan fingerprint density at radius 1 is 0.222 bits per heavy atom. The van der Waals surface area contributed by atoms with Gasteiger partial charge in [-0.2, -0.15) is 0 Å². The fourth-order valence-corrected chi connectivity index (χ4v) is 9.39. The summed E-state index contributed by atoms with van der Waals surface area (Å²) in [5.74, 6) is 0. The zero-order valence-corrected chi connectivity index (χ0v) is 29.0. The molecular formula is C50H28N4. The normalized spacial score (nSPS) is 12.1. The first kappa shape index (κ1) is 29.3. The van der Waals surface area contributed by atoms with Crippen LogP contribution in [0.1, 0.15) is 0 Å². The van der Waals surface area contributed by atoms with Gasteiger partial charge in [0, 0.05) is 69.3 Å². The summed E-state index contributed by atoms with van der Waals surface area (Å²) < 4.78 is 0. The molecule has 0 saturated heterocycles. The van der Waals surface area contributed by atoms with E-state index in [1.165, 1.54) is 76.8 Å². The van der Waals surface area contributed by atoms with Gasteiger partial charge in [0.2, 0.25) is 0 Å². The van der Waals surface area contributed by atoms with E-state index in [4.69, 9.17) is 19.9 Å². The molecule has 0 fully saturated rings. The van der Waals surface area contributed by atoms with Crippen LogP contribution < -0.4 is 0 Å². The Labute approximate surface area is 311 Å². The van der Waals surface area contributed by atoms with E-state index in [0.29, 0.717) is 0 Å². The molecule has 12 rings (SSSR count). The van der Waals surface area contributed by atoms with Crippen LogP contribution in [0.25, 0.3) is 122 Å². The molecule has 0 amide bonds. The first-order chi connectivity index (χ1) is 26.9. The van der Waals surface area contributed by atoms with E-state index in [2.05, 4.69) is 121 Å². The third-order valence-electron chi connectivity index (χ3n) is 11.4. The van der Waals surface area contributed by atoms with Gasteiger partial charge in [0.05, 0.1) is 22.8 Å². The van der Waals surface area contributed by atoms with Gasteiger partial charge in [0.15, 0.2) is 0 Å². The summed E-state index contributed by atoms with van der Waals surface area (Å²) in [7, 11) is 0. The number of nitrogens with zero attached hydrogens (tertiary/aromatic N) is 4. The van der Waals surface area contributed by atoms with Gasteiger partial charge in [-0.3, -0.25) is 19.9 Å². The van der Waals surface area contributed by atoms with Crippen molar-refractivity contribution in [2.75, 3.05) is 0 Å². The lowest BCUT2D eigenvalue weighted by atomic mass is 9.84. The molecule has 2 aliphatic carbocycles. The summed E-state index contributed by atoms with van der Waals surface area (Å²) in [5, 5.41) is 7.20. The predicted molar refractivity (Wildman–Crippen MR) is 221 cm³/mol. The van der Waals surface area contributed by atoms with Crippen molar-refractivity contribution in [1.29, 1.82) is 0 Å². The fraction of sp³-hybridized carbons (Fsp3) is 0. The second-order valence-corrected chi connectivity index (χ2v) is 14.0. The number of aromatic nitrogens is 4. The highest BCUT2D eigenvalue weighted by Gasteiger charge is 2.37. The van der Waals surface area contributed by atoms with Crippen LogP contribution in [-0.4, -0.2) is 19.9 Å². The molecule has 0 radical (unpaired) electrons. The molecular weight excluding hydrogens is 657 g/mol. The van der Waals surface area contributed by atoms with Crippen LogP contribution in [0.15, 0.2) is 170 Å². The van der Waals surface area contributed by atoms with E-state index in [1.54, 1.807) is 0 Å². The molecule has 2 aliphatic rings. The van der Waals surface area contributed by atoms with E-state index < -0.39 is 0 Å². The van der Waals surface area contributed by atoms with Crippen LogP contribution >= 0.6 is 0 Å². The molecule has 0 atom stereocenters. The molecule has 4 nitrogen and oxygen atoms in total. The lowest BCUT2D eigenvalue weighted by Gasteiger charge is -2.20. The van der Waals surface area contributed by atoms with Gasteiger partial charge >= 0.3 is 0 Å². The summed E-state index contributed by atoms with van der Waals surface area (Å²) >= 11 is 0. The van der Waals surface area contributed by atoms with Crippen LogP contribution in [0.5, 0.6) is 0 Å². The quantitative estimate of drug-likeness (QED) is 0.185. The van der Waals surface area contributed by atoms with Crippen molar-refractivity contribution >= 4 is 32.3 Å². The minimum atomic E-state index is 0.960. The first-order valence-electron chi connectivity index (χ1n) is 18.3. The Bertz CT molecular complexity index is 2750. The van der Waals surface area contributed by atoms with Crippen LogP contribution in [0.4, 0.5) is 0 Å². The molecule has 0 bridgehead atoms. The topological polar surface area (TPSA) is 51.6 Å². The molecule has 4 heterocycles. The van der Waals surface area contributed by atoms with Crippen molar-refractivity contribution in [1.82, 2.24) is 19.9 Å². The van der Waals surface area contributed by atoms with Gasteiger partial charge in [0.1, 0.15) is 0 Å². The van der Waals surface area contributed by atoms with E-state index >= 15 is 0 Å². The van der Waals surface area contributed by atoms with Crippen molar-refractivity contribution in [3.05, 3.63) is 170 Å². The maximum Gasteiger partial charge on any atom is 0.0714 e. The molecule has 6 aromatic carbocycles. The Kier molecular flexibility index (Phi) is 6.02. The average Bonchev–Trinajstić information content (AvgIpc) is 3.75. The van der Waals surface area contributed by atoms with Gasteiger partial charge in [-0.25, -0.2) is 0 Å². The van der Waals surface area contributed by atoms with Crippen molar-refractivity contribution in [3.63, 3.8) is 0 Å². The summed E-state index contributed by atoms with van der Waals surface area (Å²) in [6, 6.07) is 51.8. The second kappa shape index (κ2) is 11.1. The first-order valence-corrected chi connectivity index (χ1v) is 18.3. The highest BCUT2D eigenvalue weighted by atomic mass is 14.7. The highest BCUT2D eigenvalue weighted by molar-refractivity contribution is 6.35. The Hall–Kier alpha value is -7.30. The van der Waals surface area contributed by atoms with E-state index in [-0.39, 0.29) is 0 Å². The minimum Gasteiger partial charge on any atom is -0.256 e. The molecule has 248 valence electrons. The van der Waals surface area contributed by atoms with Crippen LogP contribution in [0.2, 0.25) is 0 Å². The Morgan fingerprint density at radius 2 is 0.463 bits per heavy atom. The Balaban J connectivity index is 1.28. The number of benzene rings is 6. The van der Waals surface area contributed by atoms with Crippen molar-refractivity contribution in [2.45, 2.75) is 0 Å². The molecule has 0 saturated carbocycles. The fourth-order valence-electron chi connectivity index (χ4n) is 9.39. The predicted octanol–water partition coefficient (Wildman–Crippen LogP) is 12.7. The third kappa shape index (κ3) is 3.86. The van der Waals surface area contributed by atoms with E-state index in [0.717, 1.165) is 45.0 Å². The van der Waals surface area contributed by atoms with Crippen LogP contribution in [0.3, 0.4) is 0 Å². The average molecular weight is 685 g/mol. The number of hydrogen-bond donors (Lipinski definition) is 0. The minimum absolute atomic E-state index is 0.960. The summed E-state index contributed by atoms with van der Waals surface area (Å²) in [4.78, 5) is 19.9. The van der Waals surface area contributed by atoms with E-state index in [9.17, 15) is 0 Å². The monoisotopic (exact) mass is 684 g/mol. The van der Waals surface area contributed by atoms with Crippen LogP contribution in [-0.2, 0) is 0 Å². The molecule has 0 aliphatic heterocycles. The maximum absolute atomic E-state index is 4.98. The number of rotatable bonds is 4. The number of pyridine rings is 4. The molecule has 4 aromatic heterocycles. The zero-order valence-electron chi connectivity index (χ0n) is 29.0. The lowest BCUT2D eigenvalue weighted by molar-refractivity contribution is 1.32. The van der Waals surface area contributed by atoms with Gasteiger partial charge < -0.3 is 0 Å². The van der Waals surface area contributed by atoms with Gasteiger partial charge in [0.25, 0.3) is 0 Å². The van der Waals surface area contributed by atoms with Crippen molar-refractivity contribution < 1.29 is 0 Å². The lowest BCUT2D eigenvalue weighted by Crippen LogP contribution is -1.96. The Morgan fingerprint density at radius 3 is 0.685 bits per heavy atom. The molecule has 0 unspecified atom stereocenters. The van der Waals surface area contributed by atoms with Gasteiger partial charge in [-0.05, 0) is 103 Å². The standard InChI is InChI=1S/C50H28N4/c1-2-14-30-29(13-1)43(37-17-5-9-25-51-37)47-33-21-22-35-42-36(24-23-34(41(33)42)48(47)44(30)38-18-6-10-26-52-38)50-46(40-20-8-12-28-54-40)32-16-4-3-15-31(32)45(49(35)50)39-19-7-11-27-53-39/h1-28H. The van der Waals surface area contributed by atoms with Crippen molar-refractivity contribution in [2.24, 2.45) is 0 Å². The summed E-state index contributed by atoms with van der Waals surface area (Å²) in [6.45, 7) is 0. The molecule has 54 heavy (non-hydrogen) atoms. The molecule has 10 aromatic rings. The van der Waals surface area contributed by atoms with Gasteiger partial charge in [-0.15, -0.1) is 0 Å². The molecule has 0 N–H and O–H groups in total. The smallest absolute Gasteiger partial charge is 0.0714 e. The van der Waals surface area contributed by atoms with Gasteiger partial charge in [-0.1, -0.05) is 97.1 Å². The van der Waals surface area contributed by atoms with Crippen molar-refractivity contribution in [3.8, 4) is 89.5 Å².